The molecule has 0 amide bonds. The summed E-state index contributed by atoms with van der Waals surface area (Å²) >= 11 is 9.11. The molecule has 0 aromatic heterocycles. The summed E-state index contributed by atoms with van der Waals surface area (Å²) in [6.45, 7) is 0.305. The second-order valence-electron chi connectivity index (χ2n) is 3.52. The second-order valence-corrected chi connectivity index (χ2v) is 4.87. The van der Waals surface area contributed by atoms with Crippen LogP contribution in [0.4, 0.5) is 0 Å². The highest BCUT2D eigenvalue weighted by Crippen LogP contribution is 2.24. The van der Waals surface area contributed by atoms with E-state index in [9.17, 15) is 5.11 Å². The number of phenolic OH excluding ortho intramolecular Hbond substituents is 1. The summed E-state index contributed by atoms with van der Waals surface area (Å²) in [5.41, 5.74) is 0.703. The van der Waals surface area contributed by atoms with Crippen molar-refractivity contribution in [2.45, 2.75) is 6.61 Å². The third-order valence-electron chi connectivity index (χ3n) is 2.24. The maximum atomic E-state index is 9.65. The molecule has 0 unspecified atom stereocenters. The predicted molar refractivity (Wildman–Crippen MR) is 71.6 cm³/mol. The Morgan fingerprint density at radius 1 is 1.18 bits per heavy atom. The van der Waals surface area contributed by atoms with Gasteiger partial charge in [-0.3, -0.25) is 0 Å². The minimum absolute atomic E-state index is 0.146. The van der Waals surface area contributed by atoms with Gasteiger partial charge in [0.25, 0.3) is 0 Å². The SMILES string of the molecule is Oc1cc(Cl)ccc1COc1cccc(Br)c1. The Balaban J connectivity index is 2.07. The van der Waals surface area contributed by atoms with Crippen molar-refractivity contribution < 1.29 is 9.84 Å². The zero-order chi connectivity index (χ0) is 12.3. The number of aromatic hydroxyl groups is 1. The fourth-order valence-electron chi connectivity index (χ4n) is 1.38. The summed E-state index contributed by atoms with van der Waals surface area (Å²) in [7, 11) is 0. The van der Waals surface area contributed by atoms with Gasteiger partial charge in [-0.15, -0.1) is 0 Å². The van der Waals surface area contributed by atoms with Crippen molar-refractivity contribution in [2.75, 3.05) is 0 Å². The molecule has 2 aromatic carbocycles. The maximum absolute atomic E-state index is 9.65. The Morgan fingerprint density at radius 2 is 2.00 bits per heavy atom. The fourth-order valence-corrected chi connectivity index (χ4v) is 1.92. The fraction of sp³-hybridized carbons (Fsp3) is 0.0769. The summed E-state index contributed by atoms with van der Waals surface area (Å²) in [5, 5.41) is 10.2. The molecule has 0 aliphatic heterocycles. The first-order valence-electron chi connectivity index (χ1n) is 5.01. The van der Waals surface area contributed by atoms with E-state index in [4.69, 9.17) is 16.3 Å². The van der Waals surface area contributed by atoms with E-state index in [1.807, 2.05) is 24.3 Å². The molecule has 0 aliphatic carbocycles. The predicted octanol–water partition coefficient (Wildman–Crippen LogP) is 4.39. The van der Waals surface area contributed by atoms with Crippen LogP contribution in [0.15, 0.2) is 46.9 Å². The minimum atomic E-state index is 0.146. The minimum Gasteiger partial charge on any atom is -0.507 e. The number of hydrogen-bond acceptors (Lipinski definition) is 2. The topological polar surface area (TPSA) is 29.5 Å². The van der Waals surface area contributed by atoms with Gasteiger partial charge in [-0.2, -0.15) is 0 Å². The molecule has 1 N–H and O–H groups in total. The van der Waals surface area contributed by atoms with E-state index in [2.05, 4.69) is 15.9 Å². The standard InChI is InChI=1S/C13H10BrClO2/c14-10-2-1-3-12(6-10)17-8-9-4-5-11(15)7-13(9)16/h1-7,16H,8H2. The molecule has 88 valence electrons. The van der Waals surface area contributed by atoms with Gasteiger partial charge in [-0.1, -0.05) is 39.7 Å². The number of halogens is 2. The van der Waals surface area contributed by atoms with E-state index in [0.717, 1.165) is 10.2 Å². The molecular formula is C13H10BrClO2. The number of phenols is 1. The Hall–Kier alpha value is -1.19. The Bertz CT molecular complexity index is 529. The normalized spacial score (nSPS) is 10.2. The molecule has 0 fully saturated rings. The van der Waals surface area contributed by atoms with Crippen molar-refractivity contribution in [1.82, 2.24) is 0 Å². The van der Waals surface area contributed by atoms with E-state index >= 15 is 0 Å². The molecule has 0 bridgehead atoms. The van der Waals surface area contributed by atoms with Gasteiger partial charge in [0.2, 0.25) is 0 Å². The lowest BCUT2D eigenvalue weighted by atomic mass is 10.2. The van der Waals surface area contributed by atoms with E-state index in [1.165, 1.54) is 6.07 Å². The van der Waals surface area contributed by atoms with Crippen LogP contribution >= 0.6 is 27.5 Å². The van der Waals surface area contributed by atoms with Crippen LogP contribution in [0.5, 0.6) is 11.5 Å². The second kappa shape index (κ2) is 5.43. The molecule has 17 heavy (non-hydrogen) atoms. The lowest BCUT2D eigenvalue weighted by Crippen LogP contribution is -1.95. The van der Waals surface area contributed by atoms with E-state index in [-0.39, 0.29) is 5.75 Å². The summed E-state index contributed by atoms with van der Waals surface area (Å²) in [6, 6.07) is 12.5. The van der Waals surface area contributed by atoms with Crippen molar-refractivity contribution in [3.8, 4) is 11.5 Å². The quantitative estimate of drug-likeness (QED) is 0.911. The van der Waals surface area contributed by atoms with Gasteiger partial charge in [-0.25, -0.2) is 0 Å². The van der Waals surface area contributed by atoms with Gasteiger partial charge in [-0.05, 0) is 30.3 Å². The molecule has 2 aromatic rings. The van der Waals surface area contributed by atoms with Crippen LogP contribution in [0.2, 0.25) is 5.02 Å². The number of rotatable bonds is 3. The van der Waals surface area contributed by atoms with Crippen molar-refractivity contribution in [3.63, 3.8) is 0 Å². The zero-order valence-corrected chi connectivity index (χ0v) is 11.2. The first-order valence-corrected chi connectivity index (χ1v) is 6.18. The van der Waals surface area contributed by atoms with Crippen LogP contribution in [0.25, 0.3) is 0 Å². The van der Waals surface area contributed by atoms with Gasteiger partial charge in [0.05, 0.1) is 0 Å². The number of ether oxygens (including phenoxy) is 1. The summed E-state index contributed by atoms with van der Waals surface area (Å²) in [5.74, 6) is 0.890. The smallest absolute Gasteiger partial charge is 0.123 e. The third kappa shape index (κ3) is 3.38. The zero-order valence-electron chi connectivity index (χ0n) is 8.86. The summed E-state index contributed by atoms with van der Waals surface area (Å²) in [4.78, 5) is 0. The van der Waals surface area contributed by atoms with Gasteiger partial charge in [0.1, 0.15) is 18.1 Å². The highest BCUT2D eigenvalue weighted by atomic mass is 79.9. The van der Waals surface area contributed by atoms with Gasteiger partial charge >= 0.3 is 0 Å². The molecule has 0 radical (unpaired) electrons. The molecule has 2 nitrogen and oxygen atoms in total. The monoisotopic (exact) mass is 312 g/mol. The Kier molecular flexibility index (Phi) is 3.92. The molecule has 0 aliphatic rings. The molecule has 2 rings (SSSR count). The van der Waals surface area contributed by atoms with E-state index in [0.29, 0.717) is 17.2 Å². The highest BCUT2D eigenvalue weighted by Gasteiger charge is 2.03. The molecule has 0 heterocycles. The van der Waals surface area contributed by atoms with Crippen molar-refractivity contribution in [1.29, 1.82) is 0 Å². The van der Waals surface area contributed by atoms with Gasteiger partial charge in [0.15, 0.2) is 0 Å². The van der Waals surface area contributed by atoms with Crippen molar-refractivity contribution in [3.05, 3.63) is 57.5 Å². The molecule has 0 saturated carbocycles. The number of benzene rings is 2. The van der Waals surface area contributed by atoms with Crippen LogP contribution in [0.1, 0.15) is 5.56 Å². The summed E-state index contributed by atoms with van der Waals surface area (Å²) in [6.07, 6.45) is 0. The van der Waals surface area contributed by atoms with Gasteiger partial charge in [0, 0.05) is 15.1 Å². The van der Waals surface area contributed by atoms with Crippen LogP contribution in [-0.4, -0.2) is 5.11 Å². The first-order chi connectivity index (χ1) is 8.15. The Morgan fingerprint density at radius 3 is 2.71 bits per heavy atom. The largest absolute Gasteiger partial charge is 0.507 e. The average Bonchev–Trinajstić information content (AvgIpc) is 2.28. The van der Waals surface area contributed by atoms with Crippen molar-refractivity contribution >= 4 is 27.5 Å². The van der Waals surface area contributed by atoms with Crippen molar-refractivity contribution in [2.24, 2.45) is 0 Å². The molecule has 4 heteroatoms. The lowest BCUT2D eigenvalue weighted by Gasteiger charge is -2.08. The molecule has 0 spiro atoms. The van der Waals surface area contributed by atoms with Crippen LogP contribution in [-0.2, 0) is 6.61 Å². The van der Waals surface area contributed by atoms with Gasteiger partial charge < -0.3 is 9.84 Å². The first kappa shape index (κ1) is 12.3. The van der Waals surface area contributed by atoms with E-state index in [1.54, 1.807) is 12.1 Å². The van der Waals surface area contributed by atoms with Crippen LogP contribution in [0.3, 0.4) is 0 Å². The average molecular weight is 314 g/mol. The number of hydrogen-bond donors (Lipinski definition) is 1. The molecular weight excluding hydrogens is 303 g/mol. The van der Waals surface area contributed by atoms with Crippen LogP contribution < -0.4 is 4.74 Å². The van der Waals surface area contributed by atoms with E-state index < -0.39 is 0 Å². The lowest BCUT2D eigenvalue weighted by molar-refractivity contribution is 0.299. The summed E-state index contributed by atoms with van der Waals surface area (Å²) < 4.78 is 6.51. The third-order valence-corrected chi connectivity index (χ3v) is 2.97. The molecule has 0 saturated heterocycles. The maximum Gasteiger partial charge on any atom is 0.123 e. The highest BCUT2D eigenvalue weighted by molar-refractivity contribution is 9.10. The Labute approximate surface area is 113 Å². The molecule has 0 atom stereocenters. The van der Waals surface area contributed by atoms with Crippen LogP contribution in [0, 0.1) is 0 Å².